The third-order valence-electron chi connectivity index (χ3n) is 3.61. The van der Waals surface area contributed by atoms with Gasteiger partial charge in [0.2, 0.25) is 0 Å². The van der Waals surface area contributed by atoms with Crippen LogP contribution in [0, 0.1) is 18.2 Å². The summed E-state index contributed by atoms with van der Waals surface area (Å²) in [5.41, 5.74) is 0.527. The number of anilines is 1. The summed E-state index contributed by atoms with van der Waals surface area (Å²) in [6, 6.07) is 8.34. The van der Waals surface area contributed by atoms with E-state index < -0.39 is 23.3 Å². The SMILES string of the molecule is C#Cc1cc(NC(=O)c2ccc(-c3ccncc3)nn2)c(C(=O)O)cc1F. The van der Waals surface area contributed by atoms with Crippen LogP contribution in [0.4, 0.5) is 10.1 Å². The highest BCUT2D eigenvalue weighted by atomic mass is 19.1. The number of benzene rings is 1. The first-order valence-electron chi connectivity index (χ1n) is 7.58. The highest BCUT2D eigenvalue weighted by Crippen LogP contribution is 2.22. The molecule has 1 aromatic carbocycles. The van der Waals surface area contributed by atoms with Crippen molar-refractivity contribution < 1.29 is 19.1 Å². The minimum atomic E-state index is -1.41. The zero-order valence-corrected chi connectivity index (χ0v) is 13.7. The van der Waals surface area contributed by atoms with Crippen molar-refractivity contribution in [1.82, 2.24) is 15.2 Å². The zero-order chi connectivity index (χ0) is 19.4. The molecule has 0 atom stereocenters. The van der Waals surface area contributed by atoms with E-state index in [2.05, 4.69) is 26.4 Å². The lowest BCUT2D eigenvalue weighted by Gasteiger charge is -2.09. The monoisotopic (exact) mass is 362 g/mol. The third kappa shape index (κ3) is 3.77. The number of hydrogen-bond acceptors (Lipinski definition) is 5. The number of nitrogens with zero attached hydrogens (tertiary/aromatic N) is 3. The number of terminal acetylenes is 1. The van der Waals surface area contributed by atoms with Crippen molar-refractivity contribution in [3.05, 3.63) is 71.4 Å². The van der Waals surface area contributed by atoms with Crippen LogP contribution in [0.25, 0.3) is 11.3 Å². The maximum Gasteiger partial charge on any atom is 0.337 e. The van der Waals surface area contributed by atoms with Gasteiger partial charge in [-0.15, -0.1) is 16.6 Å². The van der Waals surface area contributed by atoms with E-state index in [0.717, 1.165) is 17.7 Å². The van der Waals surface area contributed by atoms with Crippen molar-refractivity contribution in [2.24, 2.45) is 0 Å². The van der Waals surface area contributed by atoms with Crippen LogP contribution in [0.3, 0.4) is 0 Å². The molecule has 8 heteroatoms. The van der Waals surface area contributed by atoms with Crippen LogP contribution in [0.15, 0.2) is 48.8 Å². The van der Waals surface area contributed by atoms with Crippen molar-refractivity contribution in [3.8, 4) is 23.6 Å². The summed E-state index contributed by atoms with van der Waals surface area (Å²) in [4.78, 5) is 27.6. The van der Waals surface area contributed by atoms with Crippen LogP contribution in [0.5, 0.6) is 0 Å². The summed E-state index contributed by atoms with van der Waals surface area (Å²) in [6.07, 6.45) is 8.38. The molecule has 0 aliphatic carbocycles. The molecule has 2 aromatic heterocycles. The van der Waals surface area contributed by atoms with Gasteiger partial charge in [-0.2, -0.15) is 0 Å². The molecule has 132 valence electrons. The Morgan fingerprint density at radius 3 is 2.44 bits per heavy atom. The molecule has 0 spiro atoms. The molecule has 3 rings (SSSR count). The number of carboxylic acids is 1. The summed E-state index contributed by atoms with van der Waals surface area (Å²) < 4.78 is 13.7. The molecule has 1 amide bonds. The van der Waals surface area contributed by atoms with E-state index in [-0.39, 0.29) is 16.9 Å². The van der Waals surface area contributed by atoms with Gasteiger partial charge in [-0.1, -0.05) is 5.92 Å². The minimum Gasteiger partial charge on any atom is -0.478 e. The molecule has 0 fully saturated rings. The number of amides is 1. The number of aromatic nitrogens is 3. The summed E-state index contributed by atoms with van der Waals surface area (Å²) in [6.45, 7) is 0. The van der Waals surface area contributed by atoms with Crippen LogP contribution < -0.4 is 5.32 Å². The van der Waals surface area contributed by atoms with Crippen molar-refractivity contribution in [2.45, 2.75) is 0 Å². The smallest absolute Gasteiger partial charge is 0.337 e. The first-order valence-corrected chi connectivity index (χ1v) is 7.58. The van der Waals surface area contributed by atoms with Gasteiger partial charge in [-0.05, 0) is 36.4 Å². The molecule has 7 nitrogen and oxygen atoms in total. The number of aromatic carboxylic acids is 1. The molecule has 0 radical (unpaired) electrons. The number of carbonyl (C=O) groups is 2. The van der Waals surface area contributed by atoms with Gasteiger partial charge in [-0.3, -0.25) is 9.78 Å². The number of nitrogens with one attached hydrogen (secondary N) is 1. The molecule has 27 heavy (non-hydrogen) atoms. The van der Waals surface area contributed by atoms with Crippen molar-refractivity contribution in [1.29, 1.82) is 0 Å². The summed E-state index contributed by atoms with van der Waals surface area (Å²) in [7, 11) is 0. The quantitative estimate of drug-likeness (QED) is 0.691. The molecule has 3 aromatic rings. The first-order chi connectivity index (χ1) is 13.0. The third-order valence-corrected chi connectivity index (χ3v) is 3.61. The van der Waals surface area contributed by atoms with Gasteiger partial charge in [0, 0.05) is 18.0 Å². The number of pyridine rings is 1. The molecule has 0 saturated heterocycles. The average Bonchev–Trinajstić information content (AvgIpc) is 2.69. The Morgan fingerprint density at radius 1 is 1.11 bits per heavy atom. The van der Waals surface area contributed by atoms with Gasteiger partial charge in [-0.25, -0.2) is 9.18 Å². The van der Waals surface area contributed by atoms with E-state index in [9.17, 15) is 19.1 Å². The molecule has 0 bridgehead atoms. The van der Waals surface area contributed by atoms with E-state index in [1.165, 1.54) is 6.07 Å². The van der Waals surface area contributed by atoms with Gasteiger partial charge in [0.05, 0.1) is 22.5 Å². The zero-order valence-electron chi connectivity index (χ0n) is 13.7. The van der Waals surface area contributed by atoms with Gasteiger partial charge in [0.25, 0.3) is 5.91 Å². The first kappa shape index (κ1) is 17.7. The lowest BCUT2D eigenvalue weighted by atomic mass is 10.1. The number of hydrogen-bond donors (Lipinski definition) is 2. The van der Waals surface area contributed by atoms with Crippen molar-refractivity contribution in [3.63, 3.8) is 0 Å². The second-order valence-corrected chi connectivity index (χ2v) is 5.32. The topological polar surface area (TPSA) is 105 Å². The van der Waals surface area contributed by atoms with Crippen LogP contribution in [0.2, 0.25) is 0 Å². The summed E-state index contributed by atoms with van der Waals surface area (Å²) in [5, 5.41) is 19.4. The van der Waals surface area contributed by atoms with Gasteiger partial charge in [0.15, 0.2) is 5.69 Å². The second-order valence-electron chi connectivity index (χ2n) is 5.32. The summed E-state index contributed by atoms with van der Waals surface area (Å²) in [5.74, 6) is -0.896. The second kappa shape index (κ2) is 7.41. The van der Waals surface area contributed by atoms with Crippen molar-refractivity contribution >= 4 is 17.6 Å². The average molecular weight is 362 g/mol. The van der Waals surface area contributed by atoms with Gasteiger partial charge in [0.1, 0.15) is 5.82 Å². The Labute approximate surface area is 152 Å². The standard InChI is InChI=1S/C19H11FN4O3/c1-2-11-9-17(13(19(26)27)10-14(11)20)22-18(25)16-4-3-15(23-24-16)12-5-7-21-8-6-12/h1,3-10H,(H,22,25)(H,26,27). The van der Waals surface area contributed by atoms with E-state index in [1.54, 1.807) is 30.6 Å². The number of carbonyl (C=O) groups excluding carboxylic acids is 1. The predicted octanol–water partition coefficient (Wildman–Crippen LogP) is 2.61. The maximum absolute atomic E-state index is 13.7. The fraction of sp³-hybridized carbons (Fsp3) is 0. The summed E-state index contributed by atoms with van der Waals surface area (Å²) >= 11 is 0. The molecule has 0 saturated carbocycles. The minimum absolute atomic E-state index is 0.0456. The Morgan fingerprint density at radius 2 is 1.85 bits per heavy atom. The number of rotatable bonds is 4. The fourth-order valence-electron chi connectivity index (χ4n) is 2.28. The predicted molar refractivity (Wildman–Crippen MR) is 94.5 cm³/mol. The Balaban J connectivity index is 1.88. The van der Waals surface area contributed by atoms with Gasteiger partial charge >= 0.3 is 5.97 Å². The maximum atomic E-state index is 13.7. The lowest BCUT2D eigenvalue weighted by molar-refractivity contribution is 0.0697. The fourth-order valence-corrected chi connectivity index (χ4v) is 2.28. The molecule has 0 aliphatic rings. The number of halogens is 1. The molecule has 2 heterocycles. The normalized spacial score (nSPS) is 10.1. The Hall–Kier alpha value is -4.12. The molecule has 2 N–H and O–H groups in total. The van der Waals surface area contributed by atoms with Crippen LogP contribution in [-0.2, 0) is 0 Å². The Bertz CT molecular complexity index is 1060. The van der Waals surface area contributed by atoms with E-state index in [4.69, 9.17) is 6.42 Å². The molecular weight excluding hydrogens is 351 g/mol. The van der Waals surface area contributed by atoms with Crippen molar-refractivity contribution in [2.75, 3.05) is 5.32 Å². The van der Waals surface area contributed by atoms with E-state index in [0.29, 0.717) is 5.69 Å². The van der Waals surface area contributed by atoms with Crippen LogP contribution >= 0.6 is 0 Å². The van der Waals surface area contributed by atoms with Crippen LogP contribution in [0.1, 0.15) is 26.4 Å². The Kier molecular flexibility index (Phi) is 4.86. The highest BCUT2D eigenvalue weighted by molar-refractivity contribution is 6.07. The largest absolute Gasteiger partial charge is 0.478 e. The molecule has 0 unspecified atom stereocenters. The van der Waals surface area contributed by atoms with Crippen LogP contribution in [-0.4, -0.2) is 32.2 Å². The molecular formula is C19H11FN4O3. The highest BCUT2D eigenvalue weighted by Gasteiger charge is 2.18. The molecule has 0 aliphatic heterocycles. The van der Waals surface area contributed by atoms with E-state index >= 15 is 0 Å². The van der Waals surface area contributed by atoms with E-state index in [1.807, 2.05) is 0 Å². The number of carboxylic acid groups (broad SMARTS) is 1. The van der Waals surface area contributed by atoms with Gasteiger partial charge < -0.3 is 10.4 Å². The lowest BCUT2D eigenvalue weighted by Crippen LogP contribution is -2.17.